The predicted molar refractivity (Wildman–Crippen MR) is 62.3 cm³/mol. The Kier molecular flexibility index (Phi) is 4.23. The van der Waals surface area contributed by atoms with Gasteiger partial charge in [0.25, 0.3) is 0 Å². The number of ether oxygens (including phenoxy) is 3. The van der Waals surface area contributed by atoms with Crippen molar-refractivity contribution in [2.24, 2.45) is 0 Å². The van der Waals surface area contributed by atoms with Crippen LogP contribution in [0.4, 0.5) is 0 Å². The second-order valence-electron chi connectivity index (χ2n) is 3.07. The SMILES string of the molecule is COc1cc(/C(C#N)=C/O)cc(OC)c1OC. The molecule has 0 amide bonds. The lowest BCUT2D eigenvalue weighted by Gasteiger charge is -2.13. The van der Waals surface area contributed by atoms with Crippen molar-refractivity contribution in [2.45, 2.75) is 0 Å². The zero-order chi connectivity index (χ0) is 12.8. The molecule has 0 aromatic heterocycles. The molecular formula is C12H13NO4. The normalized spacial score (nSPS) is 10.6. The van der Waals surface area contributed by atoms with Gasteiger partial charge < -0.3 is 19.3 Å². The van der Waals surface area contributed by atoms with Gasteiger partial charge in [-0.3, -0.25) is 0 Å². The van der Waals surface area contributed by atoms with Crippen LogP contribution in [-0.2, 0) is 0 Å². The number of nitriles is 1. The molecule has 0 bridgehead atoms. The third kappa shape index (κ3) is 2.42. The predicted octanol–water partition coefficient (Wildman–Crippen LogP) is 2.13. The van der Waals surface area contributed by atoms with E-state index in [-0.39, 0.29) is 5.57 Å². The summed E-state index contributed by atoms with van der Waals surface area (Å²) in [6.45, 7) is 0. The van der Waals surface area contributed by atoms with Crippen LogP contribution >= 0.6 is 0 Å². The molecule has 0 saturated carbocycles. The van der Waals surface area contributed by atoms with Crippen molar-refractivity contribution in [3.63, 3.8) is 0 Å². The third-order valence-corrected chi connectivity index (χ3v) is 2.23. The molecule has 0 fully saturated rings. The van der Waals surface area contributed by atoms with Gasteiger partial charge in [0.1, 0.15) is 6.07 Å². The fourth-order valence-corrected chi connectivity index (χ4v) is 1.40. The summed E-state index contributed by atoms with van der Waals surface area (Å²) < 4.78 is 15.4. The largest absolute Gasteiger partial charge is 0.514 e. The molecule has 5 heteroatoms. The fraction of sp³-hybridized carbons (Fsp3) is 0.250. The minimum absolute atomic E-state index is 0.115. The summed E-state index contributed by atoms with van der Waals surface area (Å²) in [6.07, 6.45) is 0.737. The number of benzene rings is 1. The lowest BCUT2D eigenvalue weighted by Crippen LogP contribution is -1.96. The molecule has 0 unspecified atom stereocenters. The topological polar surface area (TPSA) is 71.7 Å². The Morgan fingerprint density at radius 1 is 1.18 bits per heavy atom. The molecule has 0 aliphatic rings. The number of hydrogen-bond acceptors (Lipinski definition) is 5. The molecule has 0 saturated heterocycles. The molecule has 1 N–H and O–H groups in total. The van der Waals surface area contributed by atoms with E-state index in [0.29, 0.717) is 22.8 Å². The van der Waals surface area contributed by atoms with E-state index in [2.05, 4.69) is 0 Å². The van der Waals surface area contributed by atoms with Gasteiger partial charge in [-0.15, -0.1) is 0 Å². The summed E-state index contributed by atoms with van der Waals surface area (Å²) >= 11 is 0. The Morgan fingerprint density at radius 2 is 1.71 bits per heavy atom. The van der Waals surface area contributed by atoms with E-state index in [1.807, 2.05) is 6.07 Å². The van der Waals surface area contributed by atoms with Crippen molar-refractivity contribution in [3.05, 3.63) is 24.0 Å². The van der Waals surface area contributed by atoms with Gasteiger partial charge in [-0.25, -0.2) is 0 Å². The quantitative estimate of drug-likeness (QED) is 0.639. The highest BCUT2D eigenvalue weighted by molar-refractivity contribution is 5.78. The van der Waals surface area contributed by atoms with E-state index in [9.17, 15) is 0 Å². The van der Waals surface area contributed by atoms with E-state index in [1.165, 1.54) is 21.3 Å². The van der Waals surface area contributed by atoms with Crippen molar-refractivity contribution in [2.75, 3.05) is 21.3 Å². The summed E-state index contributed by atoms with van der Waals surface area (Å²) in [5.41, 5.74) is 0.605. The van der Waals surface area contributed by atoms with E-state index in [4.69, 9.17) is 24.6 Å². The first kappa shape index (κ1) is 12.7. The van der Waals surface area contributed by atoms with Gasteiger partial charge in [0.05, 0.1) is 33.2 Å². The first-order valence-corrected chi connectivity index (χ1v) is 4.76. The van der Waals surface area contributed by atoms with Gasteiger partial charge in [0.2, 0.25) is 5.75 Å². The Labute approximate surface area is 99.5 Å². The lowest BCUT2D eigenvalue weighted by molar-refractivity contribution is 0.324. The van der Waals surface area contributed by atoms with E-state index in [1.54, 1.807) is 12.1 Å². The van der Waals surface area contributed by atoms with Crippen molar-refractivity contribution < 1.29 is 19.3 Å². The van der Waals surface area contributed by atoms with Crippen LogP contribution in [0.25, 0.3) is 5.57 Å². The first-order valence-electron chi connectivity index (χ1n) is 4.76. The third-order valence-electron chi connectivity index (χ3n) is 2.23. The van der Waals surface area contributed by atoms with E-state index in [0.717, 1.165) is 6.26 Å². The Hall–Kier alpha value is -2.35. The summed E-state index contributed by atoms with van der Waals surface area (Å²) in [7, 11) is 4.46. The van der Waals surface area contributed by atoms with Gasteiger partial charge in [-0.05, 0) is 12.1 Å². The van der Waals surface area contributed by atoms with Gasteiger partial charge in [0, 0.05) is 5.56 Å². The highest BCUT2D eigenvalue weighted by Gasteiger charge is 2.14. The maximum absolute atomic E-state index is 8.94. The first-order chi connectivity index (χ1) is 8.21. The van der Waals surface area contributed by atoms with Crippen LogP contribution in [0.1, 0.15) is 5.56 Å². The molecule has 1 rings (SSSR count). The molecule has 0 aliphatic carbocycles. The van der Waals surface area contributed by atoms with Gasteiger partial charge in [-0.1, -0.05) is 0 Å². The van der Waals surface area contributed by atoms with Crippen LogP contribution in [0.5, 0.6) is 17.2 Å². The van der Waals surface area contributed by atoms with Crippen molar-refractivity contribution in [1.29, 1.82) is 5.26 Å². The number of allylic oxidation sites excluding steroid dienone is 1. The number of nitrogens with zero attached hydrogens (tertiary/aromatic N) is 1. The number of hydrogen-bond donors (Lipinski definition) is 1. The summed E-state index contributed by atoms with van der Waals surface area (Å²) in [5, 5.41) is 17.8. The van der Waals surface area contributed by atoms with Crippen molar-refractivity contribution in [1.82, 2.24) is 0 Å². The molecule has 0 spiro atoms. The Morgan fingerprint density at radius 3 is 2.00 bits per heavy atom. The second kappa shape index (κ2) is 5.66. The minimum Gasteiger partial charge on any atom is -0.514 e. The highest BCUT2D eigenvalue weighted by atomic mass is 16.5. The highest BCUT2D eigenvalue weighted by Crippen LogP contribution is 2.39. The Balaban J connectivity index is 3.43. The molecule has 17 heavy (non-hydrogen) atoms. The molecule has 0 atom stereocenters. The zero-order valence-electron chi connectivity index (χ0n) is 9.85. The number of aliphatic hydroxyl groups excluding tert-OH is 1. The smallest absolute Gasteiger partial charge is 0.203 e. The molecule has 90 valence electrons. The molecule has 5 nitrogen and oxygen atoms in total. The zero-order valence-corrected chi connectivity index (χ0v) is 9.85. The lowest BCUT2D eigenvalue weighted by atomic mass is 10.1. The molecule has 0 aliphatic heterocycles. The number of methoxy groups -OCH3 is 3. The summed E-state index contributed by atoms with van der Waals surface area (Å²) in [4.78, 5) is 0. The maximum atomic E-state index is 8.94. The van der Waals surface area contributed by atoms with Crippen molar-refractivity contribution in [3.8, 4) is 23.3 Å². The van der Waals surface area contributed by atoms with Crippen LogP contribution in [-0.4, -0.2) is 26.4 Å². The maximum Gasteiger partial charge on any atom is 0.203 e. The standard InChI is InChI=1S/C12H13NO4/c1-15-10-4-8(9(6-13)7-14)5-11(16-2)12(10)17-3/h4-5,7,14H,1-3H3/b9-7+. The van der Waals surface area contributed by atoms with E-state index < -0.39 is 0 Å². The van der Waals surface area contributed by atoms with Crippen LogP contribution in [0.3, 0.4) is 0 Å². The average Bonchev–Trinajstić information content (AvgIpc) is 2.38. The molecule has 1 aromatic rings. The van der Waals surface area contributed by atoms with Crippen LogP contribution in [0.15, 0.2) is 18.4 Å². The Bertz CT molecular complexity index is 449. The van der Waals surface area contributed by atoms with Gasteiger partial charge in [-0.2, -0.15) is 5.26 Å². The minimum atomic E-state index is 0.115. The summed E-state index contributed by atoms with van der Waals surface area (Å²) in [5.74, 6) is 1.29. The summed E-state index contributed by atoms with van der Waals surface area (Å²) in [6, 6.07) is 5.05. The van der Waals surface area contributed by atoms with Gasteiger partial charge >= 0.3 is 0 Å². The molecule has 1 aromatic carbocycles. The van der Waals surface area contributed by atoms with Crippen LogP contribution in [0, 0.1) is 11.3 Å². The fourth-order valence-electron chi connectivity index (χ4n) is 1.40. The van der Waals surface area contributed by atoms with Crippen LogP contribution in [0.2, 0.25) is 0 Å². The van der Waals surface area contributed by atoms with Gasteiger partial charge in [0.15, 0.2) is 11.5 Å². The van der Waals surface area contributed by atoms with Crippen molar-refractivity contribution >= 4 is 5.57 Å². The number of aliphatic hydroxyl groups is 1. The molecule has 0 radical (unpaired) electrons. The monoisotopic (exact) mass is 235 g/mol. The second-order valence-corrected chi connectivity index (χ2v) is 3.07. The molecular weight excluding hydrogens is 222 g/mol. The van der Waals surface area contributed by atoms with E-state index >= 15 is 0 Å². The molecule has 0 heterocycles. The average molecular weight is 235 g/mol. The van der Waals surface area contributed by atoms with Crippen LogP contribution < -0.4 is 14.2 Å². The number of rotatable bonds is 4.